The molecule has 154 valence electrons. The van der Waals surface area contributed by atoms with Crippen molar-refractivity contribution in [3.8, 4) is 0 Å². The Bertz CT molecular complexity index is 1050. The number of aromatic amines is 1. The first-order chi connectivity index (χ1) is 13.8. The molecule has 29 heavy (non-hydrogen) atoms. The summed E-state index contributed by atoms with van der Waals surface area (Å²) in [6.45, 7) is -0.629. The van der Waals surface area contributed by atoms with Crippen molar-refractivity contribution in [3.05, 3.63) is 66.8 Å². The number of alkyl halides is 1. The quantitative estimate of drug-likeness (QED) is 0.333. The molecule has 0 radical (unpaired) electrons. The Labute approximate surface area is 177 Å². The van der Waals surface area contributed by atoms with Crippen LogP contribution >= 0.6 is 22.6 Å². The number of nitrogens with zero attached hydrogens (tertiary/aromatic N) is 2. The SMILES string of the molecule is C[n+]1cccc(C(=O)OC2C(CO)OC(n3cc(/C=C/I)c(=O)[nH]c3=O)C2F)c1. The van der Waals surface area contributed by atoms with Crippen molar-refractivity contribution in [2.75, 3.05) is 6.61 Å². The third-order valence-corrected chi connectivity index (χ3v) is 4.74. The summed E-state index contributed by atoms with van der Waals surface area (Å²) in [7, 11) is 1.71. The van der Waals surface area contributed by atoms with E-state index in [1.54, 1.807) is 28.0 Å². The number of aromatic nitrogens is 3. The fraction of sp³-hybridized carbons (Fsp3) is 0.333. The van der Waals surface area contributed by atoms with Crippen molar-refractivity contribution >= 4 is 34.6 Å². The second kappa shape index (κ2) is 8.97. The number of aryl methyl sites for hydroxylation is 1. The average molecular weight is 518 g/mol. The number of nitrogens with one attached hydrogen (secondary N) is 1. The van der Waals surface area contributed by atoms with E-state index in [0.717, 1.165) is 10.8 Å². The zero-order valence-corrected chi connectivity index (χ0v) is 17.4. The molecule has 2 aromatic rings. The van der Waals surface area contributed by atoms with Crippen molar-refractivity contribution in [1.29, 1.82) is 0 Å². The molecule has 0 amide bonds. The van der Waals surface area contributed by atoms with Gasteiger partial charge in [-0.15, -0.1) is 0 Å². The van der Waals surface area contributed by atoms with Gasteiger partial charge in [0.2, 0.25) is 0 Å². The highest BCUT2D eigenvalue weighted by Crippen LogP contribution is 2.33. The lowest BCUT2D eigenvalue weighted by Crippen LogP contribution is -2.38. The number of halogens is 2. The van der Waals surface area contributed by atoms with Gasteiger partial charge < -0.3 is 14.6 Å². The molecule has 2 aromatic heterocycles. The molecule has 0 aliphatic carbocycles. The lowest BCUT2D eigenvalue weighted by molar-refractivity contribution is -0.671. The van der Waals surface area contributed by atoms with E-state index in [4.69, 9.17) is 9.47 Å². The minimum atomic E-state index is -1.95. The first-order valence-corrected chi connectivity index (χ1v) is 9.79. The van der Waals surface area contributed by atoms with Crippen LogP contribution in [-0.4, -0.2) is 45.6 Å². The monoisotopic (exact) mass is 518 g/mol. The van der Waals surface area contributed by atoms with E-state index in [-0.39, 0.29) is 11.1 Å². The number of hydrogen-bond acceptors (Lipinski definition) is 6. The number of esters is 1. The summed E-state index contributed by atoms with van der Waals surface area (Å²) in [5.74, 6) is -0.793. The molecule has 0 aromatic carbocycles. The molecule has 11 heteroatoms. The standard InChI is InChI=1S/C18H17FIN3O6/c1-22-6-2-3-11(7-22)17(26)29-14-12(9-24)28-16(13(14)19)23-8-10(4-5-20)15(25)21-18(23)27/h2-8,12-14,16,24H,9H2,1H3/p+1/b5-4+. The van der Waals surface area contributed by atoms with Gasteiger partial charge in [-0.05, 0) is 16.2 Å². The number of hydrogen-bond donors (Lipinski definition) is 2. The number of aliphatic hydroxyl groups is 1. The third-order valence-electron chi connectivity index (χ3n) is 4.38. The summed E-state index contributed by atoms with van der Waals surface area (Å²) in [4.78, 5) is 38.5. The Morgan fingerprint density at radius 1 is 1.52 bits per heavy atom. The normalized spacial score (nSPS) is 24.1. The molecule has 3 rings (SSSR count). The maximum absolute atomic E-state index is 15.1. The van der Waals surface area contributed by atoms with E-state index in [0.29, 0.717) is 0 Å². The van der Waals surface area contributed by atoms with Gasteiger partial charge in [0, 0.05) is 12.3 Å². The zero-order chi connectivity index (χ0) is 21.1. The van der Waals surface area contributed by atoms with Crippen LogP contribution in [-0.2, 0) is 16.5 Å². The molecule has 0 spiro atoms. The number of rotatable bonds is 5. The number of pyridine rings is 1. The number of carbonyl (C=O) groups excluding carboxylic acids is 1. The van der Waals surface area contributed by atoms with Crippen LogP contribution in [0.15, 0.2) is 44.4 Å². The number of H-pyrrole nitrogens is 1. The Morgan fingerprint density at radius 2 is 2.28 bits per heavy atom. The summed E-state index contributed by atoms with van der Waals surface area (Å²) >= 11 is 1.90. The Balaban J connectivity index is 1.89. The fourth-order valence-corrected chi connectivity index (χ4v) is 3.37. The van der Waals surface area contributed by atoms with Crippen LogP contribution in [0.2, 0.25) is 0 Å². The highest BCUT2D eigenvalue weighted by atomic mass is 127. The van der Waals surface area contributed by atoms with Crippen LogP contribution in [0.3, 0.4) is 0 Å². The maximum atomic E-state index is 15.1. The van der Waals surface area contributed by atoms with E-state index >= 15 is 4.39 Å². The Kier molecular flexibility index (Phi) is 6.59. The van der Waals surface area contributed by atoms with Crippen molar-refractivity contribution in [3.63, 3.8) is 0 Å². The molecular weight excluding hydrogens is 500 g/mol. The lowest BCUT2D eigenvalue weighted by atomic mass is 10.1. The van der Waals surface area contributed by atoms with Gasteiger partial charge in [0.15, 0.2) is 30.9 Å². The summed E-state index contributed by atoms with van der Waals surface area (Å²) in [6, 6.07) is 3.13. The van der Waals surface area contributed by atoms with Crippen LogP contribution in [0, 0.1) is 0 Å². The minimum absolute atomic E-state index is 0.118. The van der Waals surface area contributed by atoms with Gasteiger partial charge in [-0.25, -0.2) is 18.5 Å². The molecule has 4 unspecified atom stereocenters. The topological polar surface area (TPSA) is 114 Å². The predicted octanol–water partition coefficient (Wildman–Crippen LogP) is 0.220. The molecule has 9 nitrogen and oxygen atoms in total. The van der Waals surface area contributed by atoms with Crippen molar-refractivity contribution in [2.24, 2.45) is 7.05 Å². The number of carbonyl (C=O) groups is 1. The minimum Gasteiger partial charge on any atom is -0.452 e. The molecule has 0 saturated carbocycles. The smallest absolute Gasteiger partial charge is 0.344 e. The van der Waals surface area contributed by atoms with Crippen LogP contribution in [0.4, 0.5) is 4.39 Å². The molecule has 1 fully saturated rings. The van der Waals surface area contributed by atoms with Gasteiger partial charge in [-0.2, -0.15) is 0 Å². The Hall–Kier alpha value is -2.38. The molecule has 0 bridgehead atoms. The fourth-order valence-electron chi connectivity index (χ4n) is 2.98. The first-order valence-electron chi connectivity index (χ1n) is 8.54. The molecule has 1 aliphatic rings. The third kappa shape index (κ3) is 4.46. The van der Waals surface area contributed by atoms with Crippen LogP contribution in [0.1, 0.15) is 22.1 Å². The zero-order valence-electron chi connectivity index (χ0n) is 15.2. The lowest BCUT2D eigenvalue weighted by Gasteiger charge is -2.18. The summed E-state index contributed by atoms with van der Waals surface area (Å²) in [6.07, 6.45) is -0.242. The molecule has 1 aliphatic heterocycles. The van der Waals surface area contributed by atoms with Gasteiger partial charge in [0.25, 0.3) is 5.56 Å². The predicted molar refractivity (Wildman–Crippen MR) is 107 cm³/mol. The van der Waals surface area contributed by atoms with Gasteiger partial charge >= 0.3 is 11.7 Å². The number of ether oxygens (including phenoxy) is 2. The van der Waals surface area contributed by atoms with Crippen molar-refractivity contribution < 1.29 is 28.3 Å². The highest BCUT2D eigenvalue weighted by Gasteiger charge is 2.49. The largest absolute Gasteiger partial charge is 0.452 e. The van der Waals surface area contributed by atoms with Crippen LogP contribution in [0.5, 0.6) is 0 Å². The molecule has 3 heterocycles. The van der Waals surface area contributed by atoms with Crippen molar-refractivity contribution in [2.45, 2.75) is 24.6 Å². The van der Waals surface area contributed by atoms with E-state index in [9.17, 15) is 19.5 Å². The summed E-state index contributed by atoms with van der Waals surface area (Å²) in [5, 5.41) is 9.55. The second-order valence-corrected chi connectivity index (χ2v) is 7.08. The van der Waals surface area contributed by atoms with E-state index in [1.165, 1.54) is 18.3 Å². The number of aliphatic hydroxyl groups excluding tert-OH is 1. The molecule has 1 saturated heterocycles. The van der Waals surface area contributed by atoms with E-state index in [1.807, 2.05) is 22.6 Å². The highest BCUT2D eigenvalue weighted by molar-refractivity contribution is 14.1. The van der Waals surface area contributed by atoms with Gasteiger partial charge in [-0.1, -0.05) is 22.6 Å². The molecular formula is C18H18FIN3O6+. The molecule has 2 N–H and O–H groups in total. The van der Waals surface area contributed by atoms with Gasteiger partial charge in [0.1, 0.15) is 18.7 Å². The van der Waals surface area contributed by atoms with Crippen LogP contribution in [0.25, 0.3) is 6.08 Å². The van der Waals surface area contributed by atoms with Gasteiger partial charge in [0.05, 0.1) is 12.2 Å². The first kappa shape index (κ1) is 21.3. The van der Waals surface area contributed by atoms with Crippen LogP contribution < -0.4 is 15.8 Å². The summed E-state index contributed by atoms with van der Waals surface area (Å²) in [5.41, 5.74) is -1.20. The average Bonchev–Trinajstić information content (AvgIpc) is 2.99. The molecule has 4 atom stereocenters. The van der Waals surface area contributed by atoms with E-state index in [2.05, 4.69) is 4.98 Å². The van der Waals surface area contributed by atoms with E-state index < -0.39 is 48.4 Å². The Morgan fingerprint density at radius 3 is 2.93 bits per heavy atom. The summed E-state index contributed by atoms with van der Waals surface area (Å²) < 4.78 is 29.9. The van der Waals surface area contributed by atoms with Gasteiger partial charge in [-0.3, -0.25) is 14.3 Å². The maximum Gasteiger partial charge on any atom is 0.344 e. The second-order valence-electron chi connectivity index (χ2n) is 6.36. The van der Waals surface area contributed by atoms with Crippen molar-refractivity contribution in [1.82, 2.24) is 9.55 Å².